The molecule has 0 fully saturated rings. The predicted octanol–water partition coefficient (Wildman–Crippen LogP) is 0.586. The first-order valence-corrected chi connectivity index (χ1v) is 13.8. The molecule has 43 heavy (non-hydrogen) atoms. The van der Waals surface area contributed by atoms with Crippen LogP contribution in [0.25, 0.3) is 21.8 Å². The molecule has 13 nitrogen and oxygen atoms in total. The van der Waals surface area contributed by atoms with Crippen LogP contribution in [-0.2, 0) is 36.8 Å². The van der Waals surface area contributed by atoms with Crippen molar-refractivity contribution in [2.75, 3.05) is 0 Å². The Labute approximate surface area is 246 Å². The summed E-state index contributed by atoms with van der Waals surface area (Å²) >= 11 is 0. The van der Waals surface area contributed by atoms with Crippen LogP contribution in [0.3, 0.4) is 0 Å². The van der Waals surface area contributed by atoms with Gasteiger partial charge in [-0.25, -0.2) is 0 Å². The van der Waals surface area contributed by atoms with Gasteiger partial charge in [-0.05, 0) is 43.0 Å². The number of fused-ring (bicyclic) bond motifs is 2. The standard InChI is InChI=1S/C30H35N7O6/c1-16(30(42)43)35-28(40)24(10-11-26(32)38)36-29(41)25(13-18-15-34-23-9-5-3-7-20(18)23)37-27(39)21(31)12-17-14-33-22-8-4-2-6-19(17)22/h2-9,14-16,21,24-25,33-34H,10-13,31H2,1H3,(H2,32,38)(H,35,40)(H,36,41)(H,37,39)(H,42,43). The number of rotatable bonds is 14. The van der Waals surface area contributed by atoms with Crippen molar-refractivity contribution >= 4 is 51.4 Å². The van der Waals surface area contributed by atoms with Gasteiger partial charge in [-0.2, -0.15) is 0 Å². The van der Waals surface area contributed by atoms with E-state index in [1.54, 1.807) is 12.4 Å². The fraction of sp³-hybridized carbons (Fsp3) is 0.300. The largest absolute Gasteiger partial charge is 0.480 e. The van der Waals surface area contributed by atoms with E-state index < -0.39 is 53.8 Å². The molecule has 4 unspecified atom stereocenters. The molecule has 0 aliphatic rings. The van der Waals surface area contributed by atoms with Gasteiger partial charge in [0, 0.05) is 47.0 Å². The number of amides is 4. The fourth-order valence-corrected chi connectivity index (χ4v) is 4.84. The quantitative estimate of drug-likeness (QED) is 0.104. The number of carboxylic acids is 1. The Morgan fingerprint density at radius 1 is 0.767 bits per heavy atom. The van der Waals surface area contributed by atoms with Crippen LogP contribution in [0.15, 0.2) is 60.9 Å². The lowest BCUT2D eigenvalue weighted by Crippen LogP contribution is -2.57. The van der Waals surface area contributed by atoms with Crippen molar-refractivity contribution < 1.29 is 29.1 Å². The van der Waals surface area contributed by atoms with E-state index in [0.29, 0.717) is 0 Å². The number of H-pyrrole nitrogens is 2. The Hall–Kier alpha value is -5.17. The summed E-state index contributed by atoms with van der Waals surface area (Å²) in [5, 5.41) is 18.6. The number of para-hydroxylation sites is 2. The minimum absolute atomic E-state index is 0.0527. The van der Waals surface area contributed by atoms with Crippen molar-refractivity contribution in [1.82, 2.24) is 25.9 Å². The molecule has 0 bridgehead atoms. The molecule has 0 aliphatic carbocycles. The number of carbonyl (C=O) groups is 5. The van der Waals surface area contributed by atoms with E-state index in [-0.39, 0.29) is 25.7 Å². The third-order valence-corrected chi connectivity index (χ3v) is 7.23. The van der Waals surface area contributed by atoms with Gasteiger partial charge in [0.15, 0.2) is 0 Å². The molecule has 2 aromatic heterocycles. The molecular weight excluding hydrogens is 554 g/mol. The number of primary amides is 1. The average Bonchev–Trinajstić information content (AvgIpc) is 3.58. The maximum Gasteiger partial charge on any atom is 0.325 e. The predicted molar refractivity (Wildman–Crippen MR) is 160 cm³/mol. The number of aromatic nitrogens is 2. The third kappa shape index (κ3) is 7.77. The molecule has 10 N–H and O–H groups in total. The zero-order chi connectivity index (χ0) is 31.1. The van der Waals surface area contributed by atoms with Crippen LogP contribution in [-0.4, -0.2) is 68.8 Å². The van der Waals surface area contributed by atoms with Crippen LogP contribution < -0.4 is 27.4 Å². The molecule has 0 saturated heterocycles. The van der Waals surface area contributed by atoms with E-state index in [1.165, 1.54) is 6.92 Å². The van der Waals surface area contributed by atoms with Crippen molar-refractivity contribution in [2.24, 2.45) is 11.5 Å². The molecule has 4 aromatic rings. The zero-order valence-electron chi connectivity index (χ0n) is 23.6. The molecule has 0 saturated carbocycles. The normalized spacial score (nSPS) is 14.0. The van der Waals surface area contributed by atoms with Gasteiger partial charge in [-0.15, -0.1) is 0 Å². The average molecular weight is 590 g/mol. The second-order valence-corrected chi connectivity index (χ2v) is 10.4. The fourth-order valence-electron chi connectivity index (χ4n) is 4.84. The Morgan fingerprint density at radius 2 is 1.28 bits per heavy atom. The van der Waals surface area contributed by atoms with E-state index in [4.69, 9.17) is 11.5 Å². The Balaban J connectivity index is 1.55. The van der Waals surface area contributed by atoms with Gasteiger partial charge in [0.25, 0.3) is 0 Å². The molecule has 4 rings (SSSR count). The van der Waals surface area contributed by atoms with Crippen LogP contribution in [0.4, 0.5) is 0 Å². The van der Waals surface area contributed by atoms with Gasteiger partial charge in [-0.3, -0.25) is 24.0 Å². The number of hydrogen-bond donors (Lipinski definition) is 8. The second kappa shape index (κ2) is 13.7. The lowest BCUT2D eigenvalue weighted by Gasteiger charge is -2.24. The SMILES string of the molecule is CC(NC(=O)C(CCC(N)=O)NC(=O)C(Cc1c[nH]c2ccccc12)NC(=O)C(N)Cc1c[nH]c2ccccc12)C(=O)O. The first kappa shape index (κ1) is 30.8. The second-order valence-electron chi connectivity index (χ2n) is 10.4. The first-order chi connectivity index (χ1) is 20.5. The van der Waals surface area contributed by atoms with Crippen molar-refractivity contribution in [3.8, 4) is 0 Å². The summed E-state index contributed by atoms with van der Waals surface area (Å²) in [6.07, 6.45) is 3.36. The number of carbonyl (C=O) groups excluding carboxylic acids is 4. The van der Waals surface area contributed by atoms with Gasteiger partial charge in [0.2, 0.25) is 23.6 Å². The Morgan fingerprint density at radius 3 is 1.84 bits per heavy atom. The molecule has 0 spiro atoms. The summed E-state index contributed by atoms with van der Waals surface area (Å²) in [6, 6.07) is 10.4. The van der Waals surface area contributed by atoms with Gasteiger partial charge in [0.1, 0.15) is 18.1 Å². The Kier molecular flexibility index (Phi) is 9.78. The number of nitrogens with one attached hydrogen (secondary N) is 5. The molecule has 4 atom stereocenters. The van der Waals surface area contributed by atoms with Gasteiger partial charge >= 0.3 is 5.97 Å². The number of hydrogen-bond acceptors (Lipinski definition) is 6. The number of carboxylic acid groups (broad SMARTS) is 1. The number of nitrogens with two attached hydrogens (primary N) is 2. The van der Waals surface area contributed by atoms with Gasteiger partial charge in [0.05, 0.1) is 6.04 Å². The lowest BCUT2D eigenvalue weighted by molar-refractivity contribution is -0.142. The van der Waals surface area contributed by atoms with Crippen LogP contribution >= 0.6 is 0 Å². The molecule has 2 aromatic carbocycles. The van der Waals surface area contributed by atoms with Crippen LogP contribution in [0.5, 0.6) is 0 Å². The zero-order valence-corrected chi connectivity index (χ0v) is 23.6. The molecule has 4 amide bonds. The summed E-state index contributed by atoms with van der Waals surface area (Å²) in [5.41, 5.74) is 14.9. The van der Waals surface area contributed by atoms with Crippen molar-refractivity contribution in [3.63, 3.8) is 0 Å². The number of aliphatic carboxylic acids is 1. The third-order valence-electron chi connectivity index (χ3n) is 7.23. The highest BCUT2D eigenvalue weighted by atomic mass is 16.4. The smallest absolute Gasteiger partial charge is 0.325 e. The summed E-state index contributed by atoms with van der Waals surface area (Å²) in [6.45, 7) is 1.27. The van der Waals surface area contributed by atoms with Gasteiger partial charge < -0.3 is 42.5 Å². The maximum atomic E-state index is 13.6. The van der Waals surface area contributed by atoms with E-state index in [9.17, 15) is 29.1 Å². The number of benzene rings is 2. The number of aromatic amines is 2. The molecule has 0 radical (unpaired) electrons. The van der Waals surface area contributed by atoms with E-state index in [1.807, 2.05) is 48.5 Å². The summed E-state index contributed by atoms with van der Waals surface area (Å²) < 4.78 is 0. The minimum Gasteiger partial charge on any atom is -0.480 e. The highest BCUT2D eigenvalue weighted by molar-refractivity contribution is 5.95. The first-order valence-electron chi connectivity index (χ1n) is 13.8. The minimum atomic E-state index is -1.29. The van der Waals surface area contributed by atoms with Crippen molar-refractivity contribution in [1.29, 1.82) is 0 Å². The maximum absolute atomic E-state index is 13.6. The summed E-state index contributed by atoms with van der Waals surface area (Å²) in [7, 11) is 0. The monoisotopic (exact) mass is 589 g/mol. The van der Waals surface area contributed by atoms with Gasteiger partial charge in [-0.1, -0.05) is 36.4 Å². The highest BCUT2D eigenvalue weighted by Crippen LogP contribution is 2.21. The van der Waals surface area contributed by atoms with Crippen LogP contribution in [0.2, 0.25) is 0 Å². The molecule has 2 heterocycles. The Bertz CT molecular complexity index is 1640. The molecule has 226 valence electrons. The van der Waals surface area contributed by atoms with E-state index >= 15 is 0 Å². The molecular formula is C30H35N7O6. The van der Waals surface area contributed by atoms with Crippen LogP contribution in [0.1, 0.15) is 30.9 Å². The van der Waals surface area contributed by atoms with Crippen LogP contribution in [0, 0.1) is 0 Å². The molecule has 13 heteroatoms. The molecule has 0 aliphatic heterocycles. The van der Waals surface area contributed by atoms with Crippen molar-refractivity contribution in [3.05, 3.63) is 72.1 Å². The van der Waals surface area contributed by atoms with Crippen molar-refractivity contribution in [2.45, 2.75) is 56.8 Å². The van der Waals surface area contributed by atoms with E-state index in [0.717, 1.165) is 32.9 Å². The van der Waals surface area contributed by atoms with E-state index in [2.05, 4.69) is 25.9 Å². The topological polar surface area (TPSA) is 225 Å². The lowest BCUT2D eigenvalue weighted by atomic mass is 10.0. The summed E-state index contributed by atoms with van der Waals surface area (Å²) in [4.78, 5) is 68.9. The highest BCUT2D eigenvalue weighted by Gasteiger charge is 2.30. The summed E-state index contributed by atoms with van der Waals surface area (Å²) in [5.74, 6) is -4.08.